The van der Waals surface area contributed by atoms with Crippen LogP contribution in [0.1, 0.15) is 26.3 Å². The molecule has 20 heavy (non-hydrogen) atoms. The fraction of sp³-hybridized carbons (Fsp3) is 0.500. The van der Waals surface area contributed by atoms with Gasteiger partial charge in [-0.1, -0.05) is 6.07 Å². The minimum atomic E-state index is -1.92. The van der Waals surface area contributed by atoms with Crippen molar-refractivity contribution in [3.05, 3.63) is 30.1 Å². The van der Waals surface area contributed by atoms with E-state index < -0.39 is 17.5 Å². The molecular weight excluding hydrogens is 262 g/mol. The molecule has 6 nitrogen and oxygen atoms in total. The molecule has 0 aliphatic heterocycles. The minimum Gasteiger partial charge on any atom is -0.463 e. The number of esters is 2. The predicted octanol–water partition coefficient (Wildman–Crippen LogP) is 1.44. The Morgan fingerprint density at radius 1 is 1.10 bits per heavy atom. The van der Waals surface area contributed by atoms with Gasteiger partial charge in [-0.15, -0.1) is 0 Å². The van der Waals surface area contributed by atoms with Crippen molar-refractivity contribution in [1.29, 1.82) is 0 Å². The summed E-state index contributed by atoms with van der Waals surface area (Å²) in [4.78, 5) is 28.5. The third-order valence-corrected chi connectivity index (χ3v) is 2.55. The van der Waals surface area contributed by atoms with Gasteiger partial charge >= 0.3 is 11.9 Å². The second-order valence-corrected chi connectivity index (χ2v) is 3.80. The molecule has 1 aromatic heterocycles. The van der Waals surface area contributed by atoms with Crippen molar-refractivity contribution in [1.82, 2.24) is 4.98 Å². The Morgan fingerprint density at radius 3 is 2.10 bits per heavy atom. The average molecular weight is 281 g/mol. The summed E-state index contributed by atoms with van der Waals surface area (Å²) >= 11 is 0. The van der Waals surface area contributed by atoms with Crippen LogP contribution in [-0.4, -0.2) is 36.7 Å². The minimum absolute atomic E-state index is 0.132. The molecule has 0 amide bonds. The van der Waals surface area contributed by atoms with Gasteiger partial charge in [0, 0.05) is 24.6 Å². The Bertz CT molecular complexity index is 428. The van der Waals surface area contributed by atoms with E-state index in [0.29, 0.717) is 5.56 Å². The van der Waals surface area contributed by atoms with E-state index in [1.54, 1.807) is 32.9 Å². The van der Waals surface area contributed by atoms with Crippen LogP contribution in [0.15, 0.2) is 24.5 Å². The lowest BCUT2D eigenvalue weighted by atomic mass is 9.95. The fourth-order valence-corrected chi connectivity index (χ4v) is 1.77. The molecule has 0 atom stereocenters. The van der Waals surface area contributed by atoms with E-state index in [-0.39, 0.29) is 19.8 Å². The molecule has 0 saturated carbocycles. The van der Waals surface area contributed by atoms with Gasteiger partial charge in [0.05, 0.1) is 13.2 Å². The summed E-state index contributed by atoms with van der Waals surface area (Å²) in [5, 5.41) is 0. The van der Waals surface area contributed by atoms with Gasteiger partial charge in [0.1, 0.15) is 0 Å². The van der Waals surface area contributed by atoms with Crippen molar-refractivity contribution >= 4 is 11.9 Å². The van der Waals surface area contributed by atoms with E-state index in [2.05, 4.69) is 4.98 Å². The Morgan fingerprint density at radius 2 is 1.70 bits per heavy atom. The highest BCUT2D eigenvalue weighted by atomic mass is 16.6. The van der Waals surface area contributed by atoms with Crippen LogP contribution in [0, 0.1) is 0 Å². The van der Waals surface area contributed by atoms with Crippen molar-refractivity contribution in [2.24, 2.45) is 0 Å². The lowest BCUT2D eigenvalue weighted by molar-refractivity contribution is -0.192. The van der Waals surface area contributed by atoms with Crippen LogP contribution in [0.4, 0.5) is 0 Å². The van der Waals surface area contributed by atoms with Crippen molar-refractivity contribution in [3.63, 3.8) is 0 Å². The summed E-state index contributed by atoms with van der Waals surface area (Å²) in [7, 11) is 0. The molecule has 0 saturated heterocycles. The van der Waals surface area contributed by atoms with Crippen LogP contribution in [0.25, 0.3) is 0 Å². The second kappa shape index (κ2) is 7.59. The van der Waals surface area contributed by atoms with Crippen LogP contribution in [0.2, 0.25) is 0 Å². The number of aromatic nitrogens is 1. The van der Waals surface area contributed by atoms with Gasteiger partial charge in [0.2, 0.25) is 0 Å². The third-order valence-electron chi connectivity index (χ3n) is 2.55. The Balaban J connectivity index is 3.33. The second-order valence-electron chi connectivity index (χ2n) is 3.80. The van der Waals surface area contributed by atoms with Gasteiger partial charge in [-0.3, -0.25) is 4.98 Å². The quantitative estimate of drug-likeness (QED) is 0.556. The lowest BCUT2D eigenvalue weighted by Gasteiger charge is -2.28. The number of carbonyl (C=O) groups excluding carboxylic acids is 2. The van der Waals surface area contributed by atoms with Gasteiger partial charge < -0.3 is 14.2 Å². The fourth-order valence-electron chi connectivity index (χ4n) is 1.77. The highest BCUT2D eigenvalue weighted by molar-refractivity contribution is 6.04. The molecule has 1 rings (SSSR count). The number of ether oxygens (including phenoxy) is 3. The largest absolute Gasteiger partial charge is 0.463 e. The van der Waals surface area contributed by atoms with E-state index in [1.807, 2.05) is 0 Å². The number of pyridine rings is 1. The lowest BCUT2D eigenvalue weighted by Crippen LogP contribution is -2.48. The number of carbonyl (C=O) groups is 2. The van der Waals surface area contributed by atoms with E-state index in [4.69, 9.17) is 14.2 Å². The number of hydrogen-bond donors (Lipinski definition) is 0. The smallest absolute Gasteiger partial charge is 0.355 e. The number of nitrogens with zero attached hydrogens (tertiary/aromatic N) is 1. The van der Waals surface area contributed by atoms with Crippen molar-refractivity contribution in [3.8, 4) is 0 Å². The maximum absolute atomic E-state index is 12.3. The highest BCUT2D eigenvalue weighted by Crippen LogP contribution is 2.29. The molecule has 0 radical (unpaired) electrons. The monoisotopic (exact) mass is 281 g/mol. The van der Waals surface area contributed by atoms with Crippen molar-refractivity contribution in [2.75, 3.05) is 19.8 Å². The molecule has 0 aromatic carbocycles. The van der Waals surface area contributed by atoms with Gasteiger partial charge in [-0.2, -0.15) is 0 Å². The molecule has 0 spiro atoms. The molecule has 110 valence electrons. The zero-order valence-electron chi connectivity index (χ0n) is 11.9. The first-order chi connectivity index (χ1) is 9.63. The maximum Gasteiger partial charge on any atom is 0.355 e. The molecule has 0 unspecified atom stereocenters. The number of rotatable bonds is 7. The normalized spacial score (nSPS) is 10.9. The zero-order valence-corrected chi connectivity index (χ0v) is 11.9. The topological polar surface area (TPSA) is 74.7 Å². The molecule has 0 fully saturated rings. The first kappa shape index (κ1) is 16.1. The molecule has 1 heterocycles. The number of hydrogen-bond acceptors (Lipinski definition) is 6. The molecule has 0 aliphatic carbocycles. The Labute approximate surface area is 118 Å². The predicted molar refractivity (Wildman–Crippen MR) is 70.8 cm³/mol. The summed E-state index contributed by atoms with van der Waals surface area (Å²) in [6, 6.07) is 3.19. The molecule has 0 N–H and O–H groups in total. The summed E-state index contributed by atoms with van der Waals surface area (Å²) in [6.07, 6.45) is 2.93. The van der Waals surface area contributed by atoms with E-state index >= 15 is 0 Å². The van der Waals surface area contributed by atoms with E-state index in [9.17, 15) is 9.59 Å². The van der Waals surface area contributed by atoms with Crippen molar-refractivity contribution < 1.29 is 23.8 Å². The summed E-state index contributed by atoms with van der Waals surface area (Å²) in [6.45, 7) is 5.41. The summed E-state index contributed by atoms with van der Waals surface area (Å²) in [5.74, 6) is -1.60. The van der Waals surface area contributed by atoms with E-state index in [0.717, 1.165) is 0 Å². The first-order valence-electron chi connectivity index (χ1n) is 6.52. The van der Waals surface area contributed by atoms with Gasteiger partial charge in [-0.05, 0) is 26.8 Å². The molecule has 0 aliphatic rings. The van der Waals surface area contributed by atoms with Crippen LogP contribution < -0.4 is 0 Å². The van der Waals surface area contributed by atoms with Crippen LogP contribution >= 0.6 is 0 Å². The molecule has 6 heteroatoms. The van der Waals surface area contributed by atoms with Crippen LogP contribution in [0.5, 0.6) is 0 Å². The van der Waals surface area contributed by atoms with Crippen LogP contribution in [0.3, 0.4) is 0 Å². The van der Waals surface area contributed by atoms with Gasteiger partial charge in [-0.25, -0.2) is 9.59 Å². The van der Waals surface area contributed by atoms with Crippen LogP contribution in [-0.2, 0) is 29.4 Å². The molecule has 0 bridgehead atoms. The Hall–Kier alpha value is -1.95. The first-order valence-corrected chi connectivity index (χ1v) is 6.52. The molecule has 1 aromatic rings. The van der Waals surface area contributed by atoms with E-state index in [1.165, 1.54) is 12.4 Å². The summed E-state index contributed by atoms with van der Waals surface area (Å²) in [5.41, 5.74) is -1.63. The SMILES string of the molecule is CCOC(=O)C(OCC)(C(=O)OCC)c1cccnc1. The average Bonchev–Trinajstić information content (AvgIpc) is 2.46. The van der Waals surface area contributed by atoms with Crippen molar-refractivity contribution in [2.45, 2.75) is 26.4 Å². The summed E-state index contributed by atoms with van der Waals surface area (Å²) < 4.78 is 15.4. The Kier molecular flexibility index (Phi) is 6.11. The standard InChI is InChI=1S/C14H19NO5/c1-4-18-12(16)14(20-6-3,13(17)19-5-2)11-8-7-9-15-10-11/h7-10H,4-6H2,1-3H3. The molecular formula is C14H19NO5. The zero-order chi connectivity index (χ0) is 15.0. The van der Waals surface area contributed by atoms with Gasteiger partial charge in [0.15, 0.2) is 0 Å². The maximum atomic E-state index is 12.3. The highest BCUT2D eigenvalue weighted by Gasteiger charge is 2.52. The third kappa shape index (κ3) is 3.14. The van der Waals surface area contributed by atoms with Gasteiger partial charge in [0.25, 0.3) is 5.60 Å².